The molecule has 1 heterocycles. The number of methoxy groups -OCH3 is 1. The molecule has 8 heteroatoms. The Hall–Kier alpha value is -2.48. The minimum Gasteiger partial charge on any atom is -0.497 e. The van der Waals surface area contributed by atoms with Crippen molar-refractivity contribution >= 4 is 17.6 Å². The summed E-state index contributed by atoms with van der Waals surface area (Å²) >= 11 is 5.93. The minimum atomic E-state index is -1.18. The average Bonchev–Trinajstić information content (AvgIpc) is 2.80. The molecule has 1 aliphatic rings. The highest BCUT2D eigenvalue weighted by atomic mass is 35.5. The third-order valence-corrected chi connectivity index (χ3v) is 5.26. The second-order valence-corrected chi connectivity index (χ2v) is 8.43. The molecule has 0 N–H and O–H groups in total. The number of rotatable bonds is 10. The van der Waals surface area contributed by atoms with Crippen molar-refractivity contribution in [1.29, 1.82) is 0 Å². The Kier molecular flexibility index (Phi) is 8.61. The third-order valence-electron chi connectivity index (χ3n) is 5.01. The lowest BCUT2D eigenvalue weighted by Crippen LogP contribution is -2.47. The van der Waals surface area contributed by atoms with Crippen molar-refractivity contribution in [3.05, 3.63) is 53.6 Å². The Morgan fingerprint density at radius 2 is 1.62 bits per heavy atom. The van der Waals surface area contributed by atoms with Crippen molar-refractivity contribution in [3.8, 4) is 17.2 Å². The maximum Gasteiger partial charge on any atom is 0.350 e. The molecule has 1 unspecified atom stereocenters. The van der Waals surface area contributed by atoms with E-state index in [2.05, 4.69) is 4.90 Å². The molecule has 0 saturated carbocycles. The van der Waals surface area contributed by atoms with Gasteiger partial charge in [-0.2, -0.15) is 0 Å². The average molecular weight is 464 g/mol. The van der Waals surface area contributed by atoms with Gasteiger partial charge < -0.3 is 23.7 Å². The van der Waals surface area contributed by atoms with Gasteiger partial charge in [-0.05, 0) is 62.4 Å². The van der Waals surface area contributed by atoms with E-state index >= 15 is 0 Å². The highest BCUT2D eigenvalue weighted by molar-refractivity contribution is 6.30. The first-order chi connectivity index (χ1) is 15.4. The normalized spacial score (nSPS) is 15.6. The lowest BCUT2D eigenvalue weighted by Gasteiger charge is -2.32. The first kappa shape index (κ1) is 24.2. The fourth-order valence-corrected chi connectivity index (χ4v) is 3.32. The first-order valence-electron chi connectivity index (χ1n) is 10.6. The molecular weight excluding hydrogens is 434 g/mol. The van der Waals surface area contributed by atoms with Gasteiger partial charge in [0.05, 0.1) is 20.3 Å². The number of hydrogen-bond acceptors (Lipinski definition) is 7. The topological polar surface area (TPSA) is 66.5 Å². The number of halogens is 1. The molecule has 1 fully saturated rings. The van der Waals surface area contributed by atoms with Crippen molar-refractivity contribution in [1.82, 2.24) is 4.90 Å². The Bertz CT molecular complexity index is 850. The highest BCUT2D eigenvalue weighted by Gasteiger charge is 2.34. The van der Waals surface area contributed by atoms with Crippen LogP contribution in [0.4, 0.5) is 0 Å². The van der Waals surface area contributed by atoms with E-state index in [1.54, 1.807) is 45.2 Å². The van der Waals surface area contributed by atoms with E-state index < -0.39 is 17.7 Å². The molecule has 0 radical (unpaired) electrons. The van der Waals surface area contributed by atoms with Gasteiger partial charge in [-0.3, -0.25) is 4.90 Å². The lowest BCUT2D eigenvalue weighted by atomic mass is 10.1. The van der Waals surface area contributed by atoms with Crippen LogP contribution in [0.3, 0.4) is 0 Å². The highest BCUT2D eigenvalue weighted by Crippen LogP contribution is 2.23. The molecule has 0 aromatic heterocycles. The second kappa shape index (κ2) is 11.4. The summed E-state index contributed by atoms with van der Waals surface area (Å²) in [5.74, 6) is 1.49. The van der Waals surface area contributed by atoms with E-state index in [1.807, 2.05) is 24.3 Å². The molecule has 2 aromatic rings. The summed E-state index contributed by atoms with van der Waals surface area (Å²) in [6.07, 6.45) is -0.476. The number of carbonyl (C=O) groups excluding carboxylic acids is 1. The molecule has 3 rings (SSSR count). The number of nitrogens with zero attached hydrogens (tertiary/aromatic N) is 1. The number of esters is 1. The molecule has 2 aromatic carbocycles. The Morgan fingerprint density at radius 1 is 1.03 bits per heavy atom. The van der Waals surface area contributed by atoms with Crippen LogP contribution in [0.25, 0.3) is 0 Å². The van der Waals surface area contributed by atoms with Gasteiger partial charge in [-0.15, -0.1) is 0 Å². The molecule has 174 valence electrons. The summed E-state index contributed by atoms with van der Waals surface area (Å²) in [7, 11) is 1.61. The number of benzene rings is 2. The van der Waals surface area contributed by atoms with Crippen LogP contribution < -0.4 is 14.2 Å². The predicted molar refractivity (Wildman–Crippen MR) is 122 cm³/mol. The van der Waals surface area contributed by atoms with Crippen LogP contribution in [0.15, 0.2) is 48.5 Å². The van der Waals surface area contributed by atoms with Gasteiger partial charge in [0, 0.05) is 24.7 Å². The Labute approximate surface area is 194 Å². The molecule has 1 saturated heterocycles. The standard InChI is InChI=1S/C24H30ClNO6/c1-24(2,32-21-6-4-18(25)5-7-21)23(27)31-22(16-26-12-14-29-15-13-26)17-30-20-10-8-19(28-3)9-11-20/h4-11,22H,12-17H2,1-3H3. The fourth-order valence-electron chi connectivity index (χ4n) is 3.19. The van der Waals surface area contributed by atoms with E-state index in [9.17, 15) is 4.79 Å². The summed E-state index contributed by atoms with van der Waals surface area (Å²) in [4.78, 5) is 15.2. The number of hydrogen-bond donors (Lipinski definition) is 0. The summed E-state index contributed by atoms with van der Waals surface area (Å²) in [5, 5.41) is 0.596. The summed E-state index contributed by atoms with van der Waals surface area (Å²) < 4.78 is 28.2. The quantitative estimate of drug-likeness (QED) is 0.496. The van der Waals surface area contributed by atoms with Crippen LogP contribution in [0.2, 0.25) is 5.02 Å². The number of ether oxygens (including phenoxy) is 5. The zero-order chi connectivity index (χ0) is 23.0. The van der Waals surface area contributed by atoms with Crippen molar-refractivity contribution in [2.75, 3.05) is 46.6 Å². The zero-order valence-corrected chi connectivity index (χ0v) is 19.5. The van der Waals surface area contributed by atoms with Gasteiger partial charge in [-0.25, -0.2) is 4.79 Å². The van der Waals surface area contributed by atoms with Crippen molar-refractivity contribution in [3.63, 3.8) is 0 Å². The van der Waals surface area contributed by atoms with Gasteiger partial charge >= 0.3 is 5.97 Å². The fraction of sp³-hybridized carbons (Fsp3) is 0.458. The molecular formula is C24H30ClNO6. The van der Waals surface area contributed by atoms with E-state index in [-0.39, 0.29) is 6.61 Å². The van der Waals surface area contributed by atoms with Gasteiger partial charge in [0.15, 0.2) is 5.60 Å². The first-order valence-corrected chi connectivity index (χ1v) is 11.0. The Morgan fingerprint density at radius 3 is 2.25 bits per heavy atom. The zero-order valence-electron chi connectivity index (χ0n) is 18.7. The minimum absolute atomic E-state index is 0.215. The molecule has 0 bridgehead atoms. The predicted octanol–water partition coefficient (Wildman–Crippen LogP) is 3.83. The second-order valence-electron chi connectivity index (χ2n) is 7.99. The lowest BCUT2D eigenvalue weighted by molar-refractivity contribution is -0.168. The van der Waals surface area contributed by atoms with Crippen LogP contribution in [-0.2, 0) is 14.3 Å². The molecule has 0 aliphatic carbocycles. The van der Waals surface area contributed by atoms with Crippen molar-refractivity contribution in [2.24, 2.45) is 0 Å². The summed E-state index contributed by atoms with van der Waals surface area (Å²) in [6, 6.07) is 14.1. The summed E-state index contributed by atoms with van der Waals surface area (Å²) in [5.41, 5.74) is -1.18. The van der Waals surface area contributed by atoms with E-state index in [1.165, 1.54) is 0 Å². The molecule has 7 nitrogen and oxygen atoms in total. The molecule has 1 atom stereocenters. The molecule has 1 aliphatic heterocycles. The van der Waals surface area contributed by atoms with E-state index in [4.69, 9.17) is 35.3 Å². The monoisotopic (exact) mass is 463 g/mol. The smallest absolute Gasteiger partial charge is 0.350 e. The maximum atomic E-state index is 13.0. The van der Waals surface area contributed by atoms with Crippen molar-refractivity contribution < 1.29 is 28.5 Å². The van der Waals surface area contributed by atoms with Crippen LogP contribution >= 0.6 is 11.6 Å². The van der Waals surface area contributed by atoms with Crippen molar-refractivity contribution in [2.45, 2.75) is 25.6 Å². The Balaban J connectivity index is 1.63. The van der Waals surface area contributed by atoms with Gasteiger partial charge in [0.1, 0.15) is 30.0 Å². The van der Waals surface area contributed by atoms with E-state index in [0.717, 1.165) is 18.8 Å². The third kappa shape index (κ3) is 7.29. The number of carbonyl (C=O) groups is 1. The van der Waals surface area contributed by atoms with Gasteiger partial charge in [0.25, 0.3) is 0 Å². The molecule has 0 amide bonds. The van der Waals surface area contributed by atoms with Gasteiger partial charge in [0.2, 0.25) is 0 Å². The molecule has 0 spiro atoms. The van der Waals surface area contributed by atoms with Crippen LogP contribution in [0, 0.1) is 0 Å². The molecule has 32 heavy (non-hydrogen) atoms. The summed E-state index contributed by atoms with van der Waals surface area (Å²) in [6.45, 7) is 6.99. The van der Waals surface area contributed by atoms with Gasteiger partial charge in [-0.1, -0.05) is 11.6 Å². The van der Waals surface area contributed by atoms with E-state index in [0.29, 0.717) is 36.3 Å². The largest absolute Gasteiger partial charge is 0.497 e. The van der Waals surface area contributed by atoms with Crippen LogP contribution in [0.1, 0.15) is 13.8 Å². The number of morpholine rings is 1. The van der Waals surface area contributed by atoms with Crippen LogP contribution in [0.5, 0.6) is 17.2 Å². The van der Waals surface area contributed by atoms with Crippen LogP contribution in [-0.4, -0.2) is 69.1 Å². The maximum absolute atomic E-state index is 13.0. The SMILES string of the molecule is COc1ccc(OCC(CN2CCOCC2)OC(=O)C(C)(C)Oc2ccc(Cl)cc2)cc1.